The molecule has 0 aromatic carbocycles. The Balaban J connectivity index is 2.03. The molecular weight excluding hydrogens is 112 g/mol. The molecule has 2 aliphatic heterocycles. The third-order valence-corrected chi connectivity index (χ3v) is 3.34. The van der Waals surface area contributed by atoms with Gasteiger partial charge in [0.25, 0.3) is 0 Å². The van der Waals surface area contributed by atoms with Gasteiger partial charge in [0.05, 0.1) is 11.7 Å². The molecule has 2 unspecified atom stereocenters. The molecule has 1 heteroatoms. The average molecular weight is 124 g/mol. The minimum absolute atomic E-state index is 0.332. The van der Waals surface area contributed by atoms with E-state index in [0.29, 0.717) is 11.7 Å². The highest BCUT2D eigenvalue weighted by Gasteiger charge is 2.61. The van der Waals surface area contributed by atoms with Crippen LogP contribution in [-0.4, -0.2) is 11.7 Å². The van der Waals surface area contributed by atoms with Gasteiger partial charge in [0.2, 0.25) is 0 Å². The lowest BCUT2D eigenvalue weighted by atomic mass is 9.62. The maximum atomic E-state index is 5.82. The summed E-state index contributed by atoms with van der Waals surface area (Å²) in [5.41, 5.74) is 0.332. The smallest absolute Gasteiger partial charge is 0.0665 e. The molecule has 3 fully saturated rings. The van der Waals surface area contributed by atoms with Gasteiger partial charge in [-0.05, 0) is 38.0 Å². The van der Waals surface area contributed by atoms with E-state index in [0.717, 1.165) is 11.8 Å². The van der Waals surface area contributed by atoms with E-state index in [-0.39, 0.29) is 0 Å². The second-order valence-corrected chi connectivity index (χ2v) is 4.20. The van der Waals surface area contributed by atoms with E-state index >= 15 is 0 Å². The molecule has 0 aromatic heterocycles. The van der Waals surface area contributed by atoms with Gasteiger partial charge in [-0.25, -0.2) is 0 Å². The van der Waals surface area contributed by atoms with E-state index in [9.17, 15) is 0 Å². The highest BCUT2D eigenvalue weighted by atomic mass is 16.5. The minimum Gasteiger partial charge on any atom is -0.371 e. The molecule has 0 amide bonds. The molecule has 1 nitrogen and oxygen atoms in total. The lowest BCUT2D eigenvalue weighted by Gasteiger charge is -2.40. The Morgan fingerprint density at radius 3 is 2.22 bits per heavy atom. The lowest BCUT2D eigenvalue weighted by molar-refractivity contribution is -0.00373. The predicted octanol–water partition coefficient (Wildman–Crippen LogP) is 1.57. The van der Waals surface area contributed by atoms with E-state index in [2.05, 4.69) is 6.92 Å². The SMILES string of the molecule is CC12CC3CC(C1)C3O2. The van der Waals surface area contributed by atoms with Crippen LogP contribution in [0.25, 0.3) is 0 Å². The van der Waals surface area contributed by atoms with Gasteiger partial charge >= 0.3 is 0 Å². The van der Waals surface area contributed by atoms with Crippen LogP contribution in [0.4, 0.5) is 0 Å². The number of hydrogen-bond acceptors (Lipinski definition) is 1. The predicted molar refractivity (Wildman–Crippen MR) is 34.1 cm³/mol. The van der Waals surface area contributed by atoms with Crippen LogP contribution in [0.2, 0.25) is 0 Å². The van der Waals surface area contributed by atoms with E-state index in [1.807, 2.05) is 0 Å². The summed E-state index contributed by atoms with van der Waals surface area (Å²) in [6.45, 7) is 2.28. The largest absolute Gasteiger partial charge is 0.371 e. The fourth-order valence-corrected chi connectivity index (χ4v) is 3.05. The van der Waals surface area contributed by atoms with Gasteiger partial charge in [-0.1, -0.05) is 0 Å². The van der Waals surface area contributed by atoms with E-state index in [4.69, 9.17) is 4.74 Å². The lowest BCUT2D eigenvalue weighted by Crippen LogP contribution is -2.40. The maximum absolute atomic E-state index is 5.82. The zero-order chi connectivity index (χ0) is 6.06. The molecule has 0 N–H and O–H groups in total. The Bertz CT molecular complexity index is 146. The van der Waals surface area contributed by atoms with Gasteiger partial charge in [-0.3, -0.25) is 0 Å². The molecule has 9 heavy (non-hydrogen) atoms. The molecule has 0 radical (unpaired) electrons. The van der Waals surface area contributed by atoms with Crippen LogP contribution in [0.1, 0.15) is 26.2 Å². The Labute approximate surface area is 55.4 Å². The summed E-state index contributed by atoms with van der Waals surface area (Å²) in [5, 5.41) is 0. The highest BCUT2D eigenvalue weighted by Crippen LogP contribution is 2.60. The summed E-state index contributed by atoms with van der Waals surface area (Å²) >= 11 is 0. The number of ether oxygens (including phenoxy) is 1. The second-order valence-electron chi connectivity index (χ2n) is 4.20. The summed E-state index contributed by atoms with van der Waals surface area (Å²) in [6, 6.07) is 0. The highest BCUT2D eigenvalue weighted by molar-refractivity contribution is 5.10. The zero-order valence-corrected chi connectivity index (χ0v) is 5.76. The Hall–Kier alpha value is -0.0400. The van der Waals surface area contributed by atoms with Crippen LogP contribution in [0.15, 0.2) is 0 Å². The minimum atomic E-state index is 0.332. The van der Waals surface area contributed by atoms with Gasteiger partial charge in [0.1, 0.15) is 0 Å². The summed E-state index contributed by atoms with van der Waals surface area (Å²) in [5.74, 6) is 1.93. The van der Waals surface area contributed by atoms with Crippen LogP contribution >= 0.6 is 0 Å². The zero-order valence-electron chi connectivity index (χ0n) is 5.76. The van der Waals surface area contributed by atoms with Gasteiger partial charge < -0.3 is 4.74 Å². The number of fused-ring (bicyclic) bond motifs is 1. The molecular formula is C8H12O. The van der Waals surface area contributed by atoms with Crippen molar-refractivity contribution < 1.29 is 4.74 Å². The fourth-order valence-electron chi connectivity index (χ4n) is 3.05. The quantitative estimate of drug-likeness (QED) is 0.476. The van der Waals surface area contributed by atoms with Crippen LogP contribution in [0, 0.1) is 11.8 Å². The van der Waals surface area contributed by atoms with Crippen molar-refractivity contribution in [1.82, 2.24) is 0 Å². The van der Waals surface area contributed by atoms with Gasteiger partial charge in [-0.2, -0.15) is 0 Å². The first-order valence-electron chi connectivity index (χ1n) is 3.95. The Kier molecular flexibility index (Phi) is 0.563. The molecule has 2 saturated heterocycles. The van der Waals surface area contributed by atoms with Gasteiger partial charge in [0, 0.05) is 0 Å². The van der Waals surface area contributed by atoms with Gasteiger partial charge in [0.15, 0.2) is 0 Å². The summed E-state index contributed by atoms with van der Waals surface area (Å²) < 4.78 is 5.82. The van der Waals surface area contributed by atoms with Crippen LogP contribution in [0.3, 0.4) is 0 Å². The van der Waals surface area contributed by atoms with Crippen molar-refractivity contribution in [3.8, 4) is 0 Å². The van der Waals surface area contributed by atoms with E-state index in [1.165, 1.54) is 19.3 Å². The summed E-state index contributed by atoms with van der Waals surface area (Å²) in [4.78, 5) is 0. The second kappa shape index (κ2) is 1.07. The molecule has 3 aliphatic rings. The monoisotopic (exact) mass is 124 g/mol. The molecule has 1 saturated carbocycles. The first-order valence-corrected chi connectivity index (χ1v) is 3.95. The van der Waals surface area contributed by atoms with Crippen LogP contribution in [-0.2, 0) is 4.74 Å². The third kappa shape index (κ3) is 0.389. The molecule has 2 atom stereocenters. The number of rotatable bonds is 0. The van der Waals surface area contributed by atoms with Gasteiger partial charge in [-0.15, -0.1) is 0 Å². The molecule has 2 bridgehead atoms. The number of hydrogen-bond donors (Lipinski definition) is 0. The molecule has 3 rings (SSSR count). The van der Waals surface area contributed by atoms with Crippen molar-refractivity contribution in [3.05, 3.63) is 0 Å². The molecule has 2 heterocycles. The van der Waals surface area contributed by atoms with Crippen molar-refractivity contribution in [3.63, 3.8) is 0 Å². The first-order chi connectivity index (χ1) is 4.27. The van der Waals surface area contributed by atoms with Crippen LogP contribution < -0.4 is 0 Å². The fraction of sp³-hybridized carbons (Fsp3) is 1.00. The van der Waals surface area contributed by atoms with Crippen LogP contribution in [0.5, 0.6) is 0 Å². The Morgan fingerprint density at radius 2 is 2.00 bits per heavy atom. The standard InChI is InChI=1S/C8H12O/c1-8-3-5-2-6(4-8)7(5)9-8/h5-7H,2-4H2,1H3. The summed E-state index contributed by atoms with van der Waals surface area (Å²) in [7, 11) is 0. The molecule has 0 aromatic rings. The van der Waals surface area contributed by atoms with E-state index in [1.54, 1.807) is 0 Å². The molecule has 1 aliphatic carbocycles. The topological polar surface area (TPSA) is 9.23 Å². The molecule has 0 spiro atoms. The van der Waals surface area contributed by atoms with Crippen molar-refractivity contribution in [2.75, 3.05) is 0 Å². The normalized spacial score (nSPS) is 68.3. The van der Waals surface area contributed by atoms with Crippen molar-refractivity contribution in [1.29, 1.82) is 0 Å². The molecule has 50 valence electrons. The van der Waals surface area contributed by atoms with E-state index < -0.39 is 0 Å². The third-order valence-electron chi connectivity index (χ3n) is 3.34. The summed E-state index contributed by atoms with van der Waals surface area (Å²) in [6.07, 6.45) is 4.89. The maximum Gasteiger partial charge on any atom is 0.0665 e. The van der Waals surface area contributed by atoms with Crippen molar-refractivity contribution in [2.45, 2.75) is 37.9 Å². The van der Waals surface area contributed by atoms with Crippen molar-refractivity contribution in [2.24, 2.45) is 11.8 Å². The Morgan fingerprint density at radius 1 is 1.33 bits per heavy atom. The average Bonchev–Trinajstić information content (AvgIpc) is 2.17. The van der Waals surface area contributed by atoms with Crippen molar-refractivity contribution >= 4 is 0 Å². The first kappa shape index (κ1) is 4.73.